The minimum Gasteiger partial charge on any atom is -0.496 e. The SMILES string of the molecule is CCOC(=O)N1c2cc(C(=O)OC)c(OC)cc2[C@@H](N(Cc2cc(C(F)(F)F)cc(C(F)(F)F)c2)C(=O)OC)C[C@H]1C. The van der Waals surface area contributed by atoms with Gasteiger partial charge in [0.05, 0.1) is 50.8 Å². The van der Waals surface area contributed by atoms with Crippen LogP contribution in [-0.2, 0) is 33.1 Å². The molecule has 0 saturated heterocycles. The van der Waals surface area contributed by atoms with E-state index < -0.39 is 65.8 Å². The number of rotatable bonds is 6. The molecular weight excluding hydrogens is 578 g/mol. The minimum absolute atomic E-state index is 0.00615. The van der Waals surface area contributed by atoms with Crippen LogP contribution in [0.3, 0.4) is 0 Å². The van der Waals surface area contributed by atoms with Gasteiger partial charge < -0.3 is 18.9 Å². The zero-order chi connectivity index (χ0) is 31.6. The average Bonchev–Trinajstić information content (AvgIpc) is 2.92. The second kappa shape index (κ2) is 12.4. The summed E-state index contributed by atoms with van der Waals surface area (Å²) in [5, 5.41) is 0. The Labute approximate surface area is 236 Å². The second-order valence-electron chi connectivity index (χ2n) is 9.28. The Balaban J connectivity index is 2.25. The summed E-state index contributed by atoms with van der Waals surface area (Å²) in [6, 6.07) is 1.86. The smallest absolute Gasteiger partial charge is 0.416 e. The molecule has 0 saturated carbocycles. The molecule has 0 bridgehead atoms. The Morgan fingerprint density at radius 3 is 2.00 bits per heavy atom. The summed E-state index contributed by atoms with van der Waals surface area (Å²) in [5.41, 5.74) is -3.37. The number of carbonyl (C=O) groups excluding carboxylic acids is 3. The fourth-order valence-corrected chi connectivity index (χ4v) is 4.78. The predicted octanol–water partition coefficient (Wildman–Crippen LogP) is 6.58. The quantitative estimate of drug-likeness (QED) is 0.208. The zero-order valence-corrected chi connectivity index (χ0v) is 23.2. The van der Waals surface area contributed by atoms with Crippen LogP contribution in [0.5, 0.6) is 5.75 Å². The van der Waals surface area contributed by atoms with E-state index in [0.717, 1.165) is 19.1 Å². The first-order chi connectivity index (χ1) is 19.6. The Kier molecular flexibility index (Phi) is 9.53. The number of benzene rings is 2. The van der Waals surface area contributed by atoms with E-state index in [9.17, 15) is 40.7 Å². The molecule has 2 aromatic carbocycles. The zero-order valence-electron chi connectivity index (χ0n) is 23.2. The maximum atomic E-state index is 13.5. The number of hydrogen-bond donors (Lipinski definition) is 0. The molecule has 15 heteroatoms. The van der Waals surface area contributed by atoms with Crippen molar-refractivity contribution in [2.75, 3.05) is 32.8 Å². The first-order valence-electron chi connectivity index (χ1n) is 12.5. The van der Waals surface area contributed by atoms with Crippen molar-refractivity contribution in [3.63, 3.8) is 0 Å². The van der Waals surface area contributed by atoms with Crippen LogP contribution in [0.1, 0.15) is 58.9 Å². The normalized spacial score (nSPS) is 16.8. The van der Waals surface area contributed by atoms with Gasteiger partial charge in [0.2, 0.25) is 0 Å². The van der Waals surface area contributed by atoms with Gasteiger partial charge in [0.25, 0.3) is 0 Å². The van der Waals surface area contributed by atoms with Crippen molar-refractivity contribution in [1.29, 1.82) is 0 Å². The predicted molar refractivity (Wildman–Crippen MR) is 135 cm³/mol. The molecule has 0 fully saturated rings. The molecule has 42 heavy (non-hydrogen) atoms. The number of anilines is 1. The van der Waals surface area contributed by atoms with E-state index in [1.165, 1.54) is 24.1 Å². The highest BCUT2D eigenvalue weighted by molar-refractivity contribution is 5.97. The number of amides is 2. The third-order valence-electron chi connectivity index (χ3n) is 6.63. The minimum atomic E-state index is -5.10. The van der Waals surface area contributed by atoms with Gasteiger partial charge in [-0.1, -0.05) is 0 Å². The summed E-state index contributed by atoms with van der Waals surface area (Å²) in [7, 11) is 3.37. The third-order valence-corrected chi connectivity index (χ3v) is 6.63. The molecule has 0 spiro atoms. The highest BCUT2D eigenvalue weighted by Crippen LogP contribution is 2.45. The summed E-state index contributed by atoms with van der Waals surface area (Å²) in [4.78, 5) is 40.6. The number of carbonyl (C=O) groups is 3. The van der Waals surface area contributed by atoms with E-state index in [0.29, 0.717) is 12.1 Å². The third kappa shape index (κ3) is 6.65. The molecule has 2 atom stereocenters. The van der Waals surface area contributed by atoms with E-state index in [-0.39, 0.29) is 41.7 Å². The first-order valence-corrected chi connectivity index (χ1v) is 12.5. The fraction of sp³-hybridized carbons (Fsp3) is 0.444. The number of nitrogens with zero attached hydrogens (tertiary/aromatic N) is 2. The van der Waals surface area contributed by atoms with Gasteiger partial charge >= 0.3 is 30.5 Å². The molecule has 0 aliphatic carbocycles. The highest BCUT2D eigenvalue weighted by atomic mass is 19.4. The van der Waals surface area contributed by atoms with Gasteiger partial charge in [-0.25, -0.2) is 14.4 Å². The van der Waals surface area contributed by atoms with Gasteiger partial charge in [-0.2, -0.15) is 26.3 Å². The molecule has 0 radical (unpaired) electrons. The molecule has 9 nitrogen and oxygen atoms in total. The number of halogens is 6. The lowest BCUT2D eigenvalue weighted by molar-refractivity contribution is -0.143. The van der Waals surface area contributed by atoms with Crippen molar-refractivity contribution in [2.24, 2.45) is 0 Å². The summed E-state index contributed by atoms with van der Waals surface area (Å²) >= 11 is 0. The molecule has 1 aliphatic heterocycles. The monoisotopic (exact) mass is 606 g/mol. The summed E-state index contributed by atoms with van der Waals surface area (Å²) < 4.78 is 101. The molecule has 1 aliphatic rings. The molecule has 230 valence electrons. The van der Waals surface area contributed by atoms with Crippen LogP contribution >= 0.6 is 0 Å². The Morgan fingerprint density at radius 1 is 0.929 bits per heavy atom. The van der Waals surface area contributed by atoms with Crippen LogP contribution in [0.4, 0.5) is 41.6 Å². The van der Waals surface area contributed by atoms with E-state index in [2.05, 4.69) is 0 Å². The van der Waals surface area contributed by atoms with Gasteiger partial charge in [0, 0.05) is 18.2 Å². The highest BCUT2D eigenvalue weighted by Gasteiger charge is 2.42. The van der Waals surface area contributed by atoms with Crippen LogP contribution in [-0.4, -0.2) is 57.0 Å². The Hall–Kier alpha value is -4.17. The lowest BCUT2D eigenvalue weighted by Crippen LogP contribution is -2.47. The molecule has 2 aromatic rings. The largest absolute Gasteiger partial charge is 0.496 e. The van der Waals surface area contributed by atoms with E-state index in [1.54, 1.807) is 13.8 Å². The van der Waals surface area contributed by atoms with Gasteiger partial charge in [-0.15, -0.1) is 0 Å². The van der Waals surface area contributed by atoms with Gasteiger partial charge in [0.1, 0.15) is 11.3 Å². The van der Waals surface area contributed by atoms with Crippen LogP contribution < -0.4 is 9.64 Å². The second-order valence-corrected chi connectivity index (χ2v) is 9.28. The van der Waals surface area contributed by atoms with E-state index in [1.807, 2.05) is 0 Å². The molecule has 0 aromatic heterocycles. The van der Waals surface area contributed by atoms with Crippen LogP contribution in [0.25, 0.3) is 0 Å². The van der Waals surface area contributed by atoms with Crippen molar-refractivity contribution < 1.29 is 59.7 Å². The lowest BCUT2D eigenvalue weighted by Gasteiger charge is -2.42. The number of methoxy groups -OCH3 is 3. The van der Waals surface area contributed by atoms with E-state index in [4.69, 9.17) is 18.9 Å². The van der Waals surface area contributed by atoms with Gasteiger partial charge in [0.15, 0.2) is 0 Å². The topological polar surface area (TPSA) is 94.6 Å². The van der Waals surface area contributed by atoms with Crippen molar-refractivity contribution in [1.82, 2.24) is 4.90 Å². The van der Waals surface area contributed by atoms with Gasteiger partial charge in [-0.3, -0.25) is 9.80 Å². The number of alkyl halides is 6. The summed E-state index contributed by atoms with van der Waals surface area (Å²) in [6.07, 6.45) is -12.1. The number of esters is 1. The van der Waals surface area contributed by atoms with Crippen molar-refractivity contribution in [2.45, 2.75) is 51.2 Å². The summed E-state index contributed by atoms with van der Waals surface area (Å²) in [6.45, 7) is 2.45. The first kappa shape index (κ1) is 32.3. The summed E-state index contributed by atoms with van der Waals surface area (Å²) in [5.74, 6) is -0.839. The van der Waals surface area contributed by atoms with Crippen molar-refractivity contribution in [3.8, 4) is 5.75 Å². The maximum Gasteiger partial charge on any atom is 0.416 e. The molecule has 0 N–H and O–H groups in total. The van der Waals surface area contributed by atoms with Crippen LogP contribution in [0, 0.1) is 0 Å². The van der Waals surface area contributed by atoms with Crippen molar-refractivity contribution in [3.05, 3.63) is 58.1 Å². The van der Waals surface area contributed by atoms with Crippen LogP contribution in [0.2, 0.25) is 0 Å². The molecule has 2 amide bonds. The van der Waals surface area contributed by atoms with Gasteiger partial charge in [-0.05, 0) is 56.2 Å². The van der Waals surface area contributed by atoms with Crippen LogP contribution in [0.15, 0.2) is 30.3 Å². The molecule has 1 heterocycles. The Morgan fingerprint density at radius 2 is 1.52 bits per heavy atom. The maximum absolute atomic E-state index is 13.5. The fourth-order valence-electron chi connectivity index (χ4n) is 4.78. The van der Waals surface area contributed by atoms with E-state index >= 15 is 0 Å². The number of hydrogen-bond acceptors (Lipinski definition) is 7. The number of fused-ring (bicyclic) bond motifs is 1. The number of ether oxygens (including phenoxy) is 4. The Bertz CT molecular complexity index is 1310. The average molecular weight is 607 g/mol. The molecule has 3 rings (SSSR count). The lowest BCUT2D eigenvalue weighted by atomic mass is 9.89. The molecular formula is C27H28F6N2O7. The molecule has 0 unspecified atom stereocenters. The standard InChI is InChI=1S/C27H28F6N2O7/c1-6-42-25(38)35-14(2)7-20(18-12-22(39-3)19(11-21(18)35)23(36)40-4)34(24(37)41-5)13-15-8-16(26(28,29)30)10-17(9-15)27(31,32)33/h8-12,14,20H,6-7,13H2,1-5H3/t14-,20+/m1/s1. The van der Waals surface area contributed by atoms with Crippen molar-refractivity contribution >= 4 is 23.8 Å².